The van der Waals surface area contributed by atoms with Crippen molar-refractivity contribution in [1.29, 1.82) is 0 Å². The Hall–Kier alpha value is -3.43. The molecule has 2 aromatic heterocycles. The third-order valence-electron chi connectivity index (χ3n) is 8.53. The van der Waals surface area contributed by atoms with Gasteiger partial charge in [-0.05, 0) is 49.5 Å². The monoisotopic (exact) mass is 562 g/mol. The lowest BCUT2D eigenvalue weighted by atomic mass is 10.0. The van der Waals surface area contributed by atoms with Gasteiger partial charge in [-0.15, -0.1) is 0 Å². The van der Waals surface area contributed by atoms with E-state index in [1.54, 1.807) is 9.47 Å². The molecule has 0 saturated carbocycles. The predicted molar refractivity (Wildman–Crippen MR) is 158 cm³/mol. The van der Waals surface area contributed by atoms with Gasteiger partial charge in [0.2, 0.25) is 5.91 Å². The minimum atomic E-state index is -0.373. The Morgan fingerprint density at radius 2 is 1.88 bits per heavy atom. The van der Waals surface area contributed by atoms with E-state index < -0.39 is 0 Å². The number of amides is 1. The summed E-state index contributed by atoms with van der Waals surface area (Å²) >= 11 is 6.96. The average molecular weight is 563 g/mol. The molecule has 0 spiro atoms. The number of carbonyl (C=O) groups is 1. The number of ether oxygens (including phenoxy) is 1. The molecule has 1 aromatic carbocycles. The molecule has 210 valence electrons. The highest BCUT2D eigenvalue weighted by molar-refractivity contribution is 6.33. The highest BCUT2D eigenvalue weighted by Crippen LogP contribution is 2.39. The maximum Gasteiger partial charge on any atom is 0.355 e. The highest BCUT2D eigenvalue weighted by atomic mass is 35.5. The Bertz CT molecular complexity index is 1530. The average Bonchev–Trinajstić information content (AvgIpc) is 3.60. The van der Waals surface area contributed by atoms with Crippen LogP contribution in [0.25, 0.3) is 16.7 Å². The zero-order valence-corrected chi connectivity index (χ0v) is 24.0. The fraction of sp³-hybridized carbons (Fsp3) is 0.467. The van der Waals surface area contributed by atoms with E-state index >= 15 is 0 Å². The highest BCUT2D eigenvalue weighted by Gasteiger charge is 2.41. The summed E-state index contributed by atoms with van der Waals surface area (Å²) in [4.78, 5) is 42.3. The Kier molecular flexibility index (Phi) is 7.04. The number of nitrogens with zero attached hydrogens (tertiary/aromatic N) is 6. The summed E-state index contributed by atoms with van der Waals surface area (Å²) in [5.74, 6) is 1.13. The number of hydrogen-bond donors (Lipinski definition) is 0. The lowest BCUT2D eigenvalue weighted by Gasteiger charge is -2.40. The van der Waals surface area contributed by atoms with E-state index in [9.17, 15) is 9.59 Å². The quantitative estimate of drug-likeness (QED) is 0.423. The van der Waals surface area contributed by atoms with Crippen LogP contribution >= 0.6 is 11.6 Å². The number of fused-ring (bicyclic) bond motifs is 3. The van der Waals surface area contributed by atoms with E-state index in [4.69, 9.17) is 21.3 Å². The molecule has 3 saturated heterocycles. The van der Waals surface area contributed by atoms with Crippen LogP contribution in [0.5, 0.6) is 0 Å². The minimum Gasteiger partial charge on any atom is -0.374 e. The Morgan fingerprint density at radius 3 is 2.48 bits per heavy atom. The summed E-state index contributed by atoms with van der Waals surface area (Å²) in [5.41, 5.74) is 3.15. The first kappa shape index (κ1) is 26.8. The lowest BCUT2D eigenvalue weighted by molar-refractivity contribution is -0.126. The fourth-order valence-corrected chi connectivity index (χ4v) is 6.74. The van der Waals surface area contributed by atoms with Crippen molar-refractivity contribution in [3.63, 3.8) is 0 Å². The van der Waals surface area contributed by atoms with Crippen molar-refractivity contribution in [2.24, 2.45) is 0 Å². The molecule has 0 N–H and O–H groups in total. The van der Waals surface area contributed by atoms with Gasteiger partial charge in [0.15, 0.2) is 5.65 Å². The van der Waals surface area contributed by atoms with E-state index in [1.807, 2.05) is 19.1 Å². The van der Waals surface area contributed by atoms with Crippen LogP contribution in [-0.2, 0) is 22.4 Å². The fourth-order valence-electron chi connectivity index (χ4n) is 6.48. The molecule has 9 nitrogen and oxygen atoms in total. The van der Waals surface area contributed by atoms with Crippen LogP contribution in [0.3, 0.4) is 0 Å². The number of pyridine rings is 1. The molecule has 6 rings (SSSR count). The number of aryl methyl sites for hydroxylation is 2. The van der Waals surface area contributed by atoms with Crippen molar-refractivity contribution in [2.45, 2.75) is 58.2 Å². The maximum absolute atomic E-state index is 14.0. The molecule has 0 unspecified atom stereocenters. The molecule has 2 bridgehead atoms. The van der Waals surface area contributed by atoms with Gasteiger partial charge in [-0.1, -0.05) is 50.2 Å². The standard InChI is InChI=1S/C30H35ClN6O3/c1-5-19-9-8-10-20(6-2)26(19)37-28-23(14-24(31)29(32-28)36-16-22-13-21(36)17-40-22)27(33-30(37)39)35-12-11-34(15-18(35)4)25(38)7-3/h7-10,14,18,21-22H,3,5-6,11-13,15-17H2,1-2,4H3/t18-,21+,22+/m0/s1. The van der Waals surface area contributed by atoms with Gasteiger partial charge in [-0.3, -0.25) is 4.79 Å². The molecule has 3 aliphatic rings. The topological polar surface area (TPSA) is 83.8 Å². The molecule has 40 heavy (non-hydrogen) atoms. The van der Waals surface area contributed by atoms with Gasteiger partial charge < -0.3 is 19.4 Å². The first-order chi connectivity index (χ1) is 19.3. The largest absolute Gasteiger partial charge is 0.374 e. The third-order valence-corrected chi connectivity index (χ3v) is 8.81. The van der Waals surface area contributed by atoms with Crippen LogP contribution in [0, 0.1) is 0 Å². The number of para-hydroxylation sites is 1. The van der Waals surface area contributed by atoms with Crippen LogP contribution in [0.15, 0.2) is 41.7 Å². The van der Waals surface area contributed by atoms with Crippen LogP contribution in [0.2, 0.25) is 5.02 Å². The van der Waals surface area contributed by atoms with Crippen molar-refractivity contribution in [3.8, 4) is 5.69 Å². The molecule has 10 heteroatoms. The summed E-state index contributed by atoms with van der Waals surface area (Å²) in [6, 6.07) is 8.23. The smallest absolute Gasteiger partial charge is 0.355 e. The van der Waals surface area contributed by atoms with Gasteiger partial charge >= 0.3 is 5.69 Å². The number of piperazine rings is 1. The molecule has 3 aliphatic heterocycles. The molecule has 3 aromatic rings. The third kappa shape index (κ3) is 4.36. The second kappa shape index (κ2) is 10.5. The van der Waals surface area contributed by atoms with E-state index in [2.05, 4.69) is 47.3 Å². The van der Waals surface area contributed by atoms with Crippen LogP contribution in [0.1, 0.15) is 38.3 Å². The van der Waals surface area contributed by atoms with Gasteiger partial charge in [0.1, 0.15) is 11.6 Å². The Balaban J connectivity index is 1.57. The van der Waals surface area contributed by atoms with Gasteiger partial charge in [0.25, 0.3) is 0 Å². The van der Waals surface area contributed by atoms with E-state index in [-0.39, 0.29) is 29.8 Å². The van der Waals surface area contributed by atoms with Crippen LogP contribution in [0.4, 0.5) is 11.6 Å². The molecular formula is C30H35ClN6O3. The molecule has 0 radical (unpaired) electrons. The van der Waals surface area contributed by atoms with Crippen molar-refractivity contribution in [2.75, 3.05) is 42.6 Å². The summed E-state index contributed by atoms with van der Waals surface area (Å²) in [5, 5.41) is 1.25. The van der Waals surface area contributed by atoms with E-state index in [0.717, 1.165) is 48.0 Å². The molecule has 5 heterocycles. The number of hydrogen-bond acceptors (Lipinski definition) is 7. The normalized spacial score (nSPS) is 22.4. The van der Waals surface area contributed by atoms with Crippen molar-refractivity contribution in [3.05, 3.63) is 63.6 Å². The van der Waals surface area contributed by atoms with Gasteiger partial charge in [-0.25, -0.2) is 14.3 Å². The number of anilines is 2. The number of halogens is 1. The SMILES string of the molecule is C=CC(=O)N1CCN(c2nc(=O)n(-c3c(CC)cccc3CC)c3nc(N4C[C@H]5C[C@@H]4CO5)c(Cl)cc23)[C@@H](C)C1. The Morgan fingerprint density at radius 1 is 1.12 bits per heavy atom. The van der Waals surface area contributed by atoms with Crippen molar-refractivity contribution < 1.29 is 9.53 Å². The first-order valence-corrected chi connectivity index (χ1v) is 14.5. The Labute approximate surface area is 239 Å². The second-order valence-corrected chi connectivity index (χ2v) is 11.3. The van der Waals surface area contributed by atoms with Gasteiger partial charge in [0, 0.05) is 32.2 Å². The van der Waals surface area contributed by atoms with Gasteiger partial charge in [-0.2, -0.15) is 4.98 Å². The zero-order valence-electron chi connectivity index (χ0n) is 23.3. The number of morpholine rings is 1. The molecule has 0 aliphatic carbocycles. The summed E-state index contributed by atoms with van der Waals surface area (Å²) < 4.78 is 7.51. The minimum absolute atomic E-state index is 0.0670. The van der Waals surface area contributed by atoms with E-state index in [1.165, 1.54) is 6.08 Å². The zero-order chi connectivity index (χ0) is 28.1. The number of carbonyl (C=O) groups excluding carboxylic acids is 1. The summed E-state index contributed by atoms with van der Waals surface area (Å²) in [6.07, 6.45) is 4.01. The molecule has 3 atom stereocenters. The predicted octanol–water partition coefficient (Wildman–Crippen LogP) is 3.76. The van der Waals surface area contributed by atoms with Crippen LogP contribution < -0.4 is 15.5 Å². The van der Waals surface area contributed by atoms with E-state index in [0.29, 0.717) is 48.5 Å². The number of aromatic nitrogens is 3. The van der Waals surface area contributed by atoms with Gasteiger partial charge in [0.05, 0.1) is 34.8 Å². The van der Waals surface area contributed by atoms with Crippen LogP contribution in [-0.4, -0.2) is 76.3 Å². The number of benzene rings is 1. The van der Waals surface area contributed by atoms with Crippen molar-refractivity contribution in [1.82, 2.24) is 19.4 Å². The maximum atomic E-state index is 14.0. The lowest BCUT2D eigenvalue weighted by Crippen LogP contribution is -2.54. The molecule has 1 amide bonds. The second-order valence-electron chi connectivity index (χ2n) is 10.9. The first-order valence-electron chi connectivity index (χ1n) is 14.1. The molecular weight excluding hydrogens is 528 g/mol. The van der Waals surface area contributed by atoms with Crippen molar-refractivity contribution >= 4 is 40.2 Å². The summed E-state index contributed by atoms with van der Waals surface area (Å²) in [6.45, 7) is 12.8. The summed E-state index contributed by atoms with van der Waals surface area (Å²) in [7, 11) is 0. The number of rotatable bonds is 6. The molecule has 3 fully saturated rings.